The number of benzene rings is 1. The molecule has 0 aliphatic heterocycles. The highest BCUT2D eigenvalue weighted by atomic mass is 35.5. The van der Waals surface area contributed by atoms with E-state index in [4.69, 9.17) is 10.8 Å². The summed E-state index contributed by atoms with van der Waals surface area (Å²) in [5.74, 6) is -4.43. The topological polar surface area (TPSA) is 55.5 Å². The molecule has 0 amide bonds. The maximum Gasteiger partial charge on any atom is 0.461 e. The second-order valence-electron chi connectivity index (χ2n) is 3.93. The quantitative estimate of drug-likeness (QED) is 0.783. The first-order chi connectivity index (χ1) is 9.10. The third kappa shape index (κ3) is 4.94. The van der Waals surface area contributed by atoms with E-state index in [1.165, 1.54) is 0 Å². The number of nitrogens with two attached hydrogens (primary N) is 1. The van der Waals surface area contributed by atoms with Crippen molar-refractivity contribution in [3.8, 4) is 5.75 Å². The number of halogens is 7. The molecule has 0 unspecified atom stereocenters. The molecule has 0 fully saturated rings. The lowest BCUT2D eigenvalue weighted by molar-refractivity contribution is -0.253. The molecule has 0 aliphatic carbocycles. The molecule has 1 atom stereocenters. The Bertz CT molecular complexity index is 460. The monoisotopic (exact) mass is 339 g/mol. The van der Waals surface area contributed by atoms with Crippen LogP contribution >= 0.6 is 12.4 Å². The van der Waals surface area contributed by atoms with Crippen LogP contribution in [0.3, 0.4) is 0 Å². The van der Waals surface area contributed by atoms with Gasteiger partial charge in [0.1, 0.15) is 12.4 Å². The van der Waals surface area contributed by atoms with Gasteiger partial charge in [-0.1, -0.05) is 12.1 Å². The van der Waals surface area contributed by atoms with Crippen LogP contribution in [0.4, 0.5) is 26.3 Å². The molecule has 21 heavy (non-hydrogen) atoms. The Morgan fingerprint density at radius 3 is 2.24 bits per heavy atom. The van der Waals surface area contributed by atoms with E-state index in [0.29, 0.717) is 6.07 Å². The van der Waals surface area contributed by atoms with E-state index in [2.05, 4.69) is 4.74 Å². The average molecular weight is 340 g/mol. The lowest BCUT2D eigenvalue weighted by Gasteiger charge is -2.23. The van der Waals surface area contributed by atoms with Crippen LogP contribution in [-0.2, 0) is 0 Å². The summed E-state index contributed by atoms with van der Waals surface area (Å²) in [5.41, 5.74) is 4.83. The Balaban J connectivity index is 0.00000400. The summed E-state index contributed by atoms with van der Waals surface area (Å²) in [6.45, 7) is -1.55. The SMILES string of the molecule is Cl.N[C@H](c1cccc(OC(F)(F)C(F)F)c1)C(F)(F)CO. The van der Waals surface area contributed by atoms with Crippen molar-refractivity contribution in [2.45, 2.75) is 24.5 Å². The molecule has 0 spiro atoms. The van der Waals surface area contributed by atoms with Gasteiger partial charge in [-0.3, -0.25) is 0 Å². The Hall–Kier alpha value is -1.19. The summed E-state index contributed by atoms with van der Waals surface area (Å²) in [6, 6.07) is 1.70. The highest BCUT2D eigenvalue weighted by Crippen LogP contribution is 2.32. The Kier molecular flexibility index (Phi) is 6.78. The molecular weight excluding hydrogens is 328 g/mol. The van der Waals surface area contributed by atoms with Gasteiger partial charge in [-0.15, -0.1) is 12.4 Å². The molecule has 0 saturated carbocycles. The highest BCUT2D eigenvalue weighted by molar-refractivity contribution is 5.85. The summed E-state index contributed by atoms with van der Waals surface area (Å²) in [5, 5.41) is 8.47. The summed E-state index contributed by atoms with van der Waals surface area (Å²) in [4.78, 5) is 0. The predicted molar refractivity (Wildman–Crippen MR) is 64.2 cm³/mol. The van der Waals surface area contributed by atoms with Crippen molar-refractivity contribution in [1.82, 2.24) is 0 Å². The number of hydrogen-bond acceptors (Lipinski definition) is 3. The van der Waals surface area contributed by atoms with Crippen molar-refractivity contribution < 1.29 is 36.2 Å². The maximum absolute atomic E-state index is 13.1. The molecule has 0 heterocycles. The predicted octanol–water partition coefficient (Wildman–Crippen LogP) is 2.97. The summed E-state index contributed by atoms with van der Waals surface area (Å²) in [6.07, 6.45) is -8.82. The summed E-state index contributed by atoms with van der Waals surface area (Å²) >= 11 is 0. The molecule has 1 rings (SSSR count). The number of hydrogen-bond donors (Lipinski definition) is 2. The second kappa shape index (κ2) is 7.19. The normalized spacial score (nSPS) is 13.8. The van der Waals surface area contributed by atoms with Gasteiger partial charge in [0.2, 0.25) is 0 Å². The number of ether oxygens (including phenoxy) is 1. The van der Waals surface area contributed by atoms with Crippen LogP contribution in [0.1, 0.15) is 11.6 Å². The number of rotatable bonds is 6. The molecule has 0 aromatic heterocycles. The van der Waals surface area contributed by atoms with E-state index in [9.17, 15) is 26.3 Å². The van der Waals surface area contributed by atoms with Crippen molar-refractivity contribution in [3.05, 3.63) is 29.8 Å². The van der Waals surface area contributed by atoms with Gasteiger partial charge in [-0.2, -0.15) is 17.6 Å². The lowest BCUT2D eigenvalue weighted by Crippen LogP contribution is -2.36. The molecule has 10 heteroatoms. The standard InChI is InChI=1S/C11H11F6NO2.ClH/c12-9(13)11(16,17)20-7-3-1-2-6(4-7)8(18)10(14,15)5-19;/h1-4,8-9,19H,5,18H2;1H/t8-;/m1./s1. The molecule has 0 bridgehead atoms. The van der Waals surface area contributed by atoms with Crippen LogP contribution in [-0.4, -0.2) is 30.2 Å². The van der Waals surface area contributed by atoms with Gasteiger partial charge in [0.25, 0.3) is 5.92 Å². The second-order valence-corrected chi connectivity index (χ2v) is 3.93. The first kappa shape index (κ1) is 19.8. The fraction of sp³-hybridized carbons (Fsp3) is 0.455. The van der Waals surface area contributed by atoms with Crippen molar-refractivity contribution in [2.75, 3.05) is 6.61 Å². The Labute approximate surface area is 122 Å². The van der Waals surface area contributed by atoms with E-state index in [1.807, 2.05) is 0 Å². The molecule has 3 nitrogen and oxygen atoms in total. The molecule has 0 aliphatic rings. The van der Waals surface area contributed by atoms with Gasteiger partial charge in [-0.05, 0) is 17.7 Å². The smallest absolute Gasteiger partial charge is 0.428 e. The van der Waals surface area contributed by atoms with Gasteiger partial charge in [-0.25, -0.2) is 8.78 Å². The minimum atomic E-state index is -4.75. The molecular formula is C11H12ClF6NO2. The van der Waals surface area contributed by atoms with E-state index in [-0.39, 0.29) is 18.0 Å². The van der Waals surface area contributed by atoms with Gasteiger partial charge >= 0.3 is 12.5 Å². The fourth-order valence-electron chi connectivity index (χ4n) is 1.32. The Morgan fingerprint density at radius 2 is 1.76 bits per heavy atom. The lowest BCUT2D eigenvalue weighted by atomic mass is 10.0. The molecule has 0 radical (unpaired) electrons. The van der Waals surface area contributed by atoms with Gasteiger partial charge < -0.3 is 15.6 Å². The van der Waals surface area contributed by atoms with Crippen LogP contribution in [0.5, 0.6) is 5.75 Å². The highest BCUT2D eigenvalue weighted by Gasteiger charge is 2.44. The maximum atomic E-state index is 13.1. The summed E-state index contributed by atoms with van der Waals surface area (Å²) < 4.78 is 79.3. The first-order valence-corrected chi connectivity index (χ1v) is 5.29. The molecule has 122 valence electrons. The van der Waals surface area contributed by atoms with E-state index in [0.717, 1.165) is 18.2 Å². The zero-order valence-corrected chi connectivity index (χ0v) is 11.1. The first-order valence-electron chi connectivity index (χ1n) is 5.29. The summed E-state index contributed by atoms with van der Waals surface area (Å²) in [7, 11) is 0. The fourth-order valence-corrected chi connectivity index (χ4v) is 1.32. The van der Waals surface area contributed by atoms with Crippen molar-refractivity contribution in [3.63, 3.8) is 0 Å². The van der Waals surface area contributed by atoms with Crippen LogP contribution in [0.2, 0.25) is 0 Å². The largest absolute Gasteiger partial charge is 0.461 e. The van der Waals surface area contributed by atoms with Gasteiger partial charge in [0.15, 0.2) is 0 Å². The minimum Gasteiger partial charge on any atom is -0.428 e. The average Bonchev–Trinajstić information content (AvgIpc) is 2.37. The Morgan fingerprint density at radius 1 is 1.19 bits per heavy atom. The zero-order valence-electron chi connectivity index (χ0n) is 10.3. The van der Waals surface area contributed by atoms with Crippen LogP contribution in [0.15, 0.2) is 24.3 Å². The number of aliphatic hydroxyl groups is 1. The van der Waals surface area contributed by atoms with E-state index < -0.39 is 36.9 Å². The van der Waals surface area contributed by atoms with E-state index in [1.54, 1.807) is 0 Å². The van der Waals surface area contributed by atoms with Crippen molar-refractivity contribution in [1.29, 1.82) is 0 Å². The van der Waals surface area contributed by atoms with Crippen LogP contribution in [0, 0.1) is 0 Å². The molecule has 1 aromatic rings. The number of aliphatic hydroxyl groups excluding tert-OH is 1. The van der Waals surface area contributed by atoms with Gasteiger partial charge in [0, 0.05) is 0 Å². The van der Waals surface area contributed by atoms with Crippen molar-refractivity contribution in [2.24, 2.45) is 5.73 Å². The zero-order chi connectivity index (χ0) is 15.6. The van der Waals surface area contributed by atoms with Gasteiger partial charge in [0.05, 0.1) is 6.04 Å². The van der Waals surface area contributed by atoms with Crippen LogP contribution in [0.25, 0.3) is 0 Å². The van der Waals surface area contributed by atoms with Crippen LogP contribution < -0.4 is 10.5 Å². The molecule has 1 aromatic carbocycles. The third-order valence-electron chi connectivity index (χ3n) is 2.39. The number of alkyl halides is 6. The molecule has 0 saturated heterocycles. The van der Waals surface area contributed by atoms with Crippen molar-refractivity contribution >= 4 is 12.4 Å². The third-order valence-corrected chi connectivity index (χ3v) is 2.39. The molecule has 3 N–H and O–H groups in total. The minimum absolute atomic E-state index is 0. The van der Waals surface area contributed by atoms with E-state index >= 15 is 0 Å².